The monoisotopic (exact) mass is 378 g/mol. The Morgan fingerprint density at radius 2 is 1.75 bits per heavy atom. The number of benzene rings is 2. The van der Waals surface area contributed by atoms with Gasteiger partial charge in [-0.3, -0.25) is 9.59 Å². The molecule has 0 fully saturated rings. The van der Waals surface area contributed by atoms with Gasteiger partial charge in [0.1, 0.15) is 5.75 Å². The Morgan fingerprint density at radius 3 is 2.32 bits per heavy atom. The van der Waals surface area contributed by atoms with Crippen LogP contribution in [0.4, 0.5) is 5.69 Å². The fourth-order valence-electron chi connectivity index (χ4n) is 2.76. The highest BCUT2D eigenvalue weighted by molar-refractivity contribution is 6.02. The maximum atomic E-state index is 12.8. The lowest BCUT2D eigenvalue weighted by Crippen LogP contribution is -2.30. The van der Waals surface area contributed by atoms with Crippen molar-refractivity contribution in [1.29, 1.82) is 0 Å². The average molecular weight is 378 g/mol. The van der Waals surface area contributed by atoms with Crippen molar-refractivity contribution in [2.24, 2.45) is 0 Å². The summed E-state index contributed by atoms with van der Waals surface area (Å²) in [6, 6.07) is 17.7. The number of ether oxygens (including phenoxy) is 1. The van der Waals surface area contributed by atoms with Crippen LogP contribution in [0.15, 0.2) is 71.3 Å². The van der Waals surface area contributed by atoms with Crippen molar-refractivity contribution in [3.63, 3.8) is 0 Å². The summed E-state index contributed by atoms with van der Waals surface area (Å²) in [5, 5.41) is 2.73. The predicted octanol–water partition coefficient (Wildman–Crippen LogP) is 4.20. The van der Waals surface area contributed by atoms with Crippen molar-refractivity contribution < 1.29 is 18.7 Å². The van der Waals surface area contributed by atoms with E-state index in [2.05, 4.69) is 5.32 Å². The van der Waals surface area contributed by atoms with E-state index < -0.39 is 0 Å². The number of hydrogen-bond donors (Lipinski definition) is 1. The first-order valence-electron chi connectivity index (χ1n) is 8.98. The number of amides is 2. The van der Waals surface area contributed by atoms with E-state index in [1.165, 1.54) is 6.26 Å². The number of nitrogens with zero attached hydrogens (tertiary/aromatic N) is 1. The Hall–Kier alpha value is -3.54. The lowest BCUT2D eigenvalue weighted by atomic mass is 10.1. The summed E-state index contributed by atoms with van der Waals surface area (Å²) in [6.07, 6.45) is 1.44. The van der Waals surface area contributed by atoms with Crippen molar-refractivity contribution in [3.8, 4) is 5.75 Å². The second-order valence-corrected chi connectivity index (χ2v) is 6.18. The minimum atomic E-state index is -0.334. The van der Waals surface area contributed by atoms with Crippen LogP contribution in [0.5, 0.6) is 5.75 Å². The predicted molar refractivity (Wildman–Crippen MR) is 107 cm³/mol. The first-order valence-corrected chi connectivity index (χ1v) is 8.98. The zero-order chi connectivity index (χ0) is 19.9. The number of rotatable bonds is 7. The summed E-state index contributed by atoms with van der Waals surface area (Å²) in [5.41, 5.74) is 2.18. The van der Waals surface area contributed by atoms with Crippen LogP contribution in [0, 0.1) is 0 Å². The minimum absolute atomic E-state index is 0.0674. The van der Waals surface area contributed by atoms with Gasteiger partial charge in [-0.25, -0.2) is 0 Å². The molecule has 3 rings (SSSR count). The van der Waals surface area contributed by atoms with Crippen molar-refractivity contribution in [2.45, 2.75) is 13.5 Å². The zero-order valence-electron chi connectivity index (χ0n) is 15.8. The van der Waals surface area contributed by atoms with Crippen LogP contribution in [-0.4, -0.2) is 30.4 Å². The van der Waals surface area contributed by atoms with E-state index in [1.807, 2.05) is 31.2 Å². The van der Waals surface area contributed by atoms with Gasteiger partial charge in [0.05, 0.1) is 13.4 Å². The van der Waals surface area contributed by atoms with Gasteiger partial charge in [-0.15, -0.1) is 0 Å². The zero-order valence-corrected chi connectivity index (χ0v) is 15.8. The number of methoxy groups -OCH3 is 1. The molecule has 3 aromatic rings. The van der Waals surface area contributed by atoms with E-state index in [-0.39, 0.29) is 17.6 Å². The third-order valence-electron chi connectivity index (χ3n) is 4.34. The molecule has 0 saturated carbocycles. The number of carbonyl (C=O) groups is 2. The summed E-state index contributed by atoms with van der Waals surface area (Å²) in [7, 11) is 1.62. The third-order valence-corrected chi connectivity index (χ3v) is 4.34. The molecule has 2 amide bonds. The first kappa shape index (κ1) is 19.2. The molecule has 28 heavy (non-hydrogen) atoms. The van der Waals surface area contributed by atoms with Gasteiger partial charge >= 0.3 is 0 Å². The lowest BCUT2D eigenvalue weighted by molar-refractivity contribution is 0.0752. The van der Waals surface area contributed by atoms with Crippen molar-refractivity contribution in [3.05, 3.63) is 83.8 Å². The fourth-order valence-corrected chi connectivity index (χ4v) is 2.76. The van der Waals surface area contributed by atoms with Gasteiger partial charge in [0.15, 0.2) is 5.76 Å². The van der Waals surface area contributed by atoms with E-state index in [4.69, 9.17) is 9.15 Å². The van der Waals surface area contributed by atoms with E-state index in [1.54, 1.807) is 48.4 Å². The Morgan fingerprint density at radius 1 is 1.04 bits per heavy atom. The molecule has 0 unspecified atom stereocenters. The topological polar surface area (TPSA) is 71.8 Å². The number of anilines is 1. The Kier molecular flexibility index (Phi) is 6.11. The molecule has 0 radical (unpaired) electrons. The smallest absolute Gasteiger partial charge is 0.291 e. The molecule has 1 heterocycles. The molecule has 144 valence electrons. The average Bonchev–Trinajstić information content (AvgIpc) is 3.27. The normalized spacial score (nSPS) is 10.4. The van der Waals surface area contributed by atoms with Crippen LogP contribution < -0.4 is 10.1 Å². The molecule has 1 aromatic heterocycles. The van der Waals surface area contributed by atoms with Crippen LogP contribution in [0.1, 0.15) is 33.4 Å². The molecule has 0 aliphatic rings. The summed E-state index contributed by atoms with van der Waals surface area (Å²) < 4.78 is 10.2. The van der Waals surface area contributed by atoms with Gasteiger partial charge in [-0.05, 0) is 61.0 Å². The van der Waals surface area contributed by atoms with Crippen LogP contribution in [0.3, 0.4) is 0 Å². The Labute approximate surface area is 163 Å². The summed E-state index contributed by atoms with van der Waals surface area (Å²) >= 11 is 0. The summed E-state index contributed by atoms with van der Waals surface area (Å²) in [6.45, 7) is 3.04. The number of carbonyl (C=O) groups excluding carboxylic acids is 2. The quantitative estimate of drug-likeness (QED) is 0.669. The van der Waals surface area contributed by atoms with Gasteiger partial charge in [-0.2, -0.15) is 0 Å². The number of furan rings is 1. The van der Waals surface area contributed by atoms with Crippen LogP contribution in [-0.2, 0) is 6.54 Å². The molecule has 0 atom stereocenters. The van der Waals surface area contributed by atoms with Crippen LogP contribution in [0.25, 0.3) is 0 Å². The highest BCUT2D eigenvalue weighted by atomic mass is 16.5. The Bertz CT molecular complexity index is 916. The van der Waals surface area contributed by atoms with Gasteiger partial charge in [0, 0.05) is 24.3 Å². The van der Waals surface area contributed by atoms with Crippen molar-refractivity contribution in [2.75, 3.05) is 19.0 Å². The molecular weight excluding hydrogens is 356 g/mol. The van der Waals surface area contributed by atoms with E-state index >= 15 is 0 Å². The molecule has 0 aliphatic carbocycles. The maximum Gasteiger partial charge on any atom is 0.291 e. The van der Waals surface area contributed by atoms with Gasteiger partial charge in [-0.1, -0.05) is 12.1 Å². The minimum Gasteiger partial charge on any atom is -0.497 e. The highest BCUT2D eigenvalue weighted by Gasteiger charge is 2.15. The molecule has 0 bridgehead atoms. The van der Waals surface area contributed by atoms with Gasteiger partial charge in [0.2, 0.25) is 0 Å². The molecule has 1 N–H and O–H groups in total. The van der Waals surface area contributed by atoms with E-state index in [9.17, 15) is 9.59 Å². The van der Waals surface area contributed by atoms with Crippen molar-refractivity contribution >= 4 is 17.5 Å². The van der Waals surface area contributed by atoms with Gasteiger partial charge < -0.3 is 19.4 Å². The third kappa shape index (κ3) is 4.59. The van der Waals surface area contributed by atoms with E-state index in [0.717, 1.165) is 11.3 Å². The van der Waals surface area contributed by atoms with Crippen LogP contribution >= 0.6 is 0 Å². The Balaban J connectivity index is 1.65. The number of hydrogen-bond acceptors (Lipinski definition) is 4. The summed E-state index contributed by atoms with van der Waals surface area (Å²) in [4.78, 5) is 26.6. The second kappa shape index (κ2) is 8.90. The molecule has 0 aliphatic heterocycles. The van der Waals surface area contributed by atoms with Crippen LogP contribution in [0.2, 0.25) is 0 Å². The van der Waals surface area contributed by atoms with E-state index in [0.29, 0.717) is 24.3 Å². The van der Waals surface area contributed by atoms with Crippen molar-refractivity contribution in [1.82, 2.24) is 4.90 Å². The maximum absolute atomic E-state index is 12.8. The molecule has 6 heteroatoms. The largest absolute Gasteiger partial charge is 0.497 e. The molecule has 0 saturated heterocycles. The van der Waals surface area contributed by atoms with Gasteiger partial charge in [0.25, 0.3) is 11.8 Å². The number of nitrogens with one attached hydrogen (secondary N) is 1. The molecule has 6 nitrogen and oxygen atoms in total. The SMILES string of the molecule is CCN(Cc1ccc(OC)cc1)C(=O)c1ccc(NC(=O)c2ccco2)cc1. The second-order valence-electron chi connectivity index (χ2n) is 6.18. The molecular formula is C22H22N2O4. The summed E-state index contributed by atoms with van der Waals surface area (Å²) in [5.74, 6) is 0.614. The molecule has 2 aromatic carbocycles. The molecule has 0 spiro atoms. The first-order chi connectivity index (χ1) is 13.6. The lowest BCUT2D eigenvalue weighted by Gasteiger charge is -2.21. The highest BCUT2D eigenvalue weighted by Crippen LogP contribution is 2.16. The fraction of sp³-hybridized carbons (Fsp3) is 0.182. The standard InChI is InChI=1S/C22H22N2O4/c1-3-24(15-16-6-12-19(27-2)13-7-16)22(26)17-8-10-18(11-9-17)23-21(25)20-5-4-14-28-20/h4-14H,3,15H2,1-2H3,(H,23,25).